The Balaban J connectivity index is 0. The van der Waals surface area contributed by atoms with Gasteiger partial charge in [0.2, 0.25) is 0 Å². The number of carbonyl (C=O) groups excluding carboxylic acids is 2. The molecule has 7 nitrogen and oxygen atoms in total. The van der Waals surface area contributed by atoms with Crippen LogP contribution in [0.3, 0.4) is 0 Å². The number of hydrogen-bond donors (Lipinski definition) is 2. The lowest BCUT2D eigenvalue weighted by molar-refractivity contribution is -0.156. The molecular weight excluding hydrogens is 232 g/mol. The van der Waals surface area contributed by atoms with E-state index in [0.29, 0.717) is 0 Å². The normalized spacial score (nSPS) is 10.4. The summed E-state index contributed by atoms with van der Waals surface area (Å²) in [5.74, 6) is -1.49. The van der Waals surface area contributed by atoms with E-state index in [9.17, 15) is 9.59 Å². The van der Waals surface area contributed by atoms with Gasteiger partial charge in [0.25, 0.3) is 0 Å². The van der Waals surface area contributed by atoms with Crippen LogP contribution in [-0.4, -0.2) is 47.9 Å². The SMILES string of the molecule is COC(=O)CC(O)C(=O)OC.O=C(O)Cl. The van der Waals surface area contributed by atoms with Crippen molar-refractivity contribution in [1.82, 2.24) is 0 Å². The number of rotatable bonds is 3. The van der Waals surface area contributed by atoms with Gasteiger partial charge in [-0.3, -0.25) is 4.79 Å². The van der Waals surface area contributed by atoms with Gasteiger partial charge in [-0.1, -0.05) is 0 Å². The molecule has 2 N–H and O–H groups in total. The predicted molar refractivity (Wildman–Crippen MR) is 48.5 cm³/mol. The summed E-state index contributed by atoms with van der Waals surface area (Å²) in [5.41, 5.74) is -1.36. The number of aliphatic hydroxyl groups excluding tert-OH is 1. The zero-order valence-corrected chi connectivity index (χ0v) is 8.85. The lowest BCUT2D eigenvalue weighted by Crippen LogP contribution is -2.25. The van der Waals surface area contributed by atoms with Gasteiger partial charge in [-0.15, -0.1) is 0 Å². The van der Waals surface area contributed by atoms with Crippen LogP contribution in [-0.2, 0) is 19.1 Å². The summed E-state index contributed by atoms with van der Waals surface area (Å²) in [5, 5.41) is 16.0. The fraction of sp³-hybridized carbons (Fsp3) is 0.571. The van der Waals surface area contributed by atoms with Crippen LogP contribution in [0.15, 0.2) is 0 Å². The average Bonchev–Trinajstić information content (AvgIpc) is 2.15. The summed E-state index contributed by atoms with van der Waals surface area (Å²) in [6.07, 6.45) is -1.80. The van der Waals surface area contributed by atoms with E-state index in [1.165, 1.54) is 7.11 Å². The van der Waals surface area contributed by atoms with E-state index < -0.39 is 23.5 Å². The highest BCUT2D eigenvalue weighted by Crippen LogP contribution is 1.95. The van der Waals surface area contributed by atoms with Crippen LogP contribution < -0.4 is 0 Å². The number of methoxy groups -OCH3 is 2. The number of esters is 2. The molecule has 0 aliphatic rings. The van der Waals surface area contributed by atoms with Gasteiger partial charge in [0.1, 0.15) is 0 Å². The Bertz CT molecular complexity index is 223. The molecule has 8 heteroatoms. The maximum Gasteiger partial charge on any atom is 0.401 e. The molecule has 0 rings (SSSR count). The summed E-state index contributed by atoms with van der Waals surface area (Å²) < 4.78 is 8.37. The summed E-state index contributed by atoms with van der Waals surface area (Å²) in [7, 11) is 2.30. The third kappa shape index (κ3) is 12.7. The molecule has 0 amide bonds. The first kappa shape index (κ1) is 16.1. The van der Waals surface area contributed by atoms with Crippen molar-refractivity contribution < 1.29 is 34.1 Å². The number of ether oxygens (including phenoxy) is 2. The Labute approximate surface area is 90.5 Å². The van der Waals surface area contributed by atoms with Crippen molar-refractivity contribution in [3.8, 4) is 0 Å². The van der Waals surface area contributed by atoms with Crippen molar-refractivity contribution in [3.05, 3.63) is 0 Å². The molecule has 0 fully saturated rings. The molecule has 0 aromatic carbocycles. The Morgan fingerprint density at radius 1 is 1.27 bits per heavy atom. The minimum absolute atomic E-state index is 0.372. The number of carboxylic acid groups (broad SMARTS) is 1. The molecule has 1 atom stereocenters. The lowest BCUT2D eigenvalue weighted by atomic mass is 10.2. The topological polar surface area (TPSA) is 110 Å². The molecule has 0 aliphatic heterocycles. The summed E-state index contributed by atoms with van der Waals surface area (Å²) >= 11 is 4.19. The van der Waals surface area contributed by atoms with Crippen LogP contribution in [0.1, 0.15) is 6.42 Å². The molecule has 0 heterocycles. The fourth-order valence-corrected chi connectivity index (χ4v) is 0.461. The Morgan fingerprint density at radius 3 is 1.93 bits per heavy atom. The van der Waals surface area contributed by atoms with Crippen molar-refractivity contribution in [1.29, 1.82) is 0 Å². The fourth-order valence-electron chi connectivity index (χ4n) is 0.461. The van der Waals surface area contributed by atoms with E-state index in [4.69, 9.17) is 15.0 Å². The van der Waals surface area contributed by atoms with E-state index in [0.717, 1.165) is 7.11 Å². The zero-order valence-electron chi connectivity index (χ0n) is 8.10. The molecule has 1 unspecified atom stereocenters. The predicted octanol–water partition coefficient (Wildman–Crippen LogP) is -0.0134. The van der Waals surface area contributed by atoms with Crippen LogP contribution in [0.5, 0.6) is 0 Å². The first-order valence-electron chi connectivity index (χ1n) is 3.56. The number of hydrogen-bond acceptors (Lipinski definition) is 6. The van der Waals surface area contributed by atoms with Crippen LogP contribution in [0, 0.1) is 0 Å². The third-order valence-electron chi connectivity index (χ3n) is 1.06. The van der Waals surface area contributed by atoms with Gasteiger partial charge >= 0.3 is 17.4 Å². The van der Waals surface area contributed by atoms with Gasteiger partial charge in [-0.2, -0.15) is 0 Å². The van der Waals surface area contributed by atoms with Crippen LogP contribution in [0.2, 0.25) is 0 Å². The van der Waals surface area contributed by atoms with Gasteiger partial charge in [-0.05, 0) is 0 Å². The van der Waals surface area contributed by atoms with Gasteiger partial charge < -0.3 is 19.7 Å². The minimum atomic E-state index is -1.42. The maximum atomic E-state index is 10.5. The first-order chi connectivity index (χ1) is 6.84. The number of halogens is 1. The van der Waals surface area contributed by atoms with Crippen molar-refractivity contribution >= 4 is 29.0 Å². The molecular formula is C7H11ClO7. The van der Waals surface area contributed by atoms with Crippen LogP contribution >= 0.6 is 11.6 Å². The molecule has 0 radical (unpaired) electrons. The Morgan fingerprint density at radius 2 is 1.67 bits per heavy atom. The van der Waals surface area contributed by atoms with Crippen LogP contribution in [0.25, 0.3) is 0 Å². The lowest BCUT2D eigenvalue weighted by Gasteiger charge is -2.05. The maximum absolute atomic E-state index is 10.5. The van der Waals surface area contributed by atoms with E-state index in [-0.39, 0.29) is 6.42 Å². The molecule has 0 spiro atoms. The zero-order chi connectivity index (χ0) is 12.4. The molecule has 0 saturated heterocycles. The van der Waals surface area contributed by atoms with Crippen molar-refractivity contribution in [2.75, 3.05) is 14.2 Å². The molecule has 88 valence electrons. The van der Waals surface area contributed by atoms with E-state index in [1.54, 1.807) is 0 Å². The van der Waals surface area contributed by atoms with Gasteiger partial charge in [0.15, 0.2) is 6.10 Å². The van der Waals surface area contributed by atoms with Gasteiger partial charge in [-0.25, -0.2) is 9.59 Å². The molecule has 0 saturated carbocycles. The highest BCUT2D eigenvalue weighted by molar-refractivity contribution is 6.60. The minimum Gasteiger partial charge on any atom is -0.469 e. The quantitative estimate of drug-likeness (QED) is 0.529. The van der Waals surface area contributed by atoms with Crippen molar-refractivity contribution in [2.24, 2.45) is 0 Å². The first-order valence-corrected chi connectivity index (χ1v) is 3.94. The number of carbonyl (C=O) groups is 3. The second-order valence-corrected chi connectivity index (χ2v) is 2.40. The number of aliphatic hydroxyl groups is 1. The third-order valence-corrected chi connectivity index (χ3v) is 1.06. The van der Waals surface area contributed by atoms with Gasteiger partial charge in [0.05, 0.1) is 20.6 Å². The van der Waals surface area contributed by atoms with Crippen molar-refractivity contribution in [3.63, 3.8) is 0 Å². The molecule has 15 heavy (non-hydrogen) atoms. The highest BCUT2D eigenvalue weighted by atomic mass is 35.5. The van der Waals surface area contributed by atoms with E-state index >= 15 is 0 Å². The Kier molecular flexibility index (Phi) is 9.90. The van der Waals surface area contributed by atoms with Gasteiger partial charge in [0, 0.05) is 11.6 Å². The van der Waals surface area contributed by atoms with E-state index in [2.05, 4.69) is 21.1 Å². The summed E-state index contributed by atoms with van der Waals surface area (Å²) in [6.45, 7) is 0. The highest BCUT2D eigenvalue weighted by Gasteiger charge is 2.19. The standard InChI is InChI=1S/C6H10O5.CHClO2/c1-10-5(8)3-4(7)6(9)11-2;2-1(3)4/h4,7H,3H2,1-2H3;(H,3,4). The molecule has 0 bridgehead atoms. The Hall–Kier alpha value is -1.34. The summed E-state index contributed by atoms with van der Waals surface area (Å²) in [4.78, 5) is 29.7. The monoisotopic (exact) mass is 242 g/mol. The van der Waals surface area contributed by atoms with Crippen molar-refractivity contribution in [2.45, 2.75) is 12.5 Å². The average molecular weight is 243 g/mol. The summed E-state index contributed by atoms with van der Waals surface area (Å²) in [6, 6.07) is 0. The smallest absolute Gasteiger partial charge is 0.401 e. The van der Waals surface area contributed by atoms with Crippen LogP contribution in [0.4, 0.5) is 4.79 Å². The van der Waals surface area contributed by atoms with E-state index in [1.807, 2.05) is 0 Å². The molecule has 0 aliphatic carbocycles. The largest absolute Gasteiger partial charge is 0.469 e. The molecule has 0 aromatic rings. The second kappa shape index (κ2) is 9.22. The second-order valence-electron chi connectivity index (χ2n) is 2.07. The molecule has 0 aromatic heterocycles.